The molecule has 0 atom stereocenters. The van der Waals surface area contributed by atoms with E-state index in [-0.39, 0.29) is 6.42 Å². The molecule has 20 heavy (non-hydrogen) atoms. The largest absolute Gasteiger partial charge is 0.481 e. The van der Waals surface area contributed by atoms with Crippen LogP contribution in [0.4, 0.5) is 0 Å². The first-order valence-electron chi connectivity index (χ1n) is 6.42. The van der Waals surface area contributed by atoms with Crippen molar-refractivity contribution in [1.29, 1.82) is 0 Å². The van der Waals surface area contributed by atoms with Crippen LogP contribution in [-0.4, -0.2) is 21.2 Å². The van der Waals surface area contributed by atoms with E-state index in [2.05, 4.69) is 10.1 Å². The minimum atomic E-state index is -0.782. The van der Waals surface area contributed by atoms with Gasteiger partial charge in [0.05, 0.1) is 0 Å². The van der Waals surface area contributed by atoms with E-state index in [1.54, 1.807) is 0 Å². The summed E-state index contributed by atoms with van der Waals surface area (Å²) in [6.07, 6.45) is 2.62. The number of halogens is 1. The van der Waals surface area contributed by atoms with E-state index in [4.69, 9.17) is 21.2 Å². The zero-order valence-corrected chi connectivity index (χ0v) is 11.6. The molecule has 1 heterocycles. The van der Waals surface area contributed by atoms with E-state index in [9.17, 15) is 4.79 Å². The van der Waals surface area contributed by atoms with E-state index < -0.39 is 5.97 Å². The molecule has 5 nitrogen and oxygen atoms in total. The molecular weight excluding hydrogens is 280 g/mol. The molecule has 0 aliphatic rings. The molecule has 0 radical (unpaired) electrons. The quantitative estimate of drug-likeness (QED) is 0.794. The molecule has 2 aromatic rings. The number of aromatic nitrogens is 2. The lowest BCUT2D eigenvalue weighted by Crippen LogP contribution is -1.95. The summed E-state index contributed by atoms with van der Waals surface area (Å²) in [5, 5.41) is 13.1. The van der Waals surface area contributed by atoms with Gasteiger partial charge in [0, 0.05) is 24.3 Å². The van der Waals surface area contributed by atoms with E-state index in [0.29, 0.717) is 36.0 Å². The van der Waals surface area contributed by atoms with Crippen LogP contribution in [-0.2, 0) is 17.6 Å². The molecular formula is C14H15ClN2O3. The molecule has 2 rings (SSSR count). The van der Waals surface area contributed by atoms with Crippen molar-refractivity contribution in [1.82, 2.24) is 10.1 Å². The number of rotatable bonds is 7. The summed E-state index contributed by atoms with van der Waals surface area (Å²) in [5.74, 6) is 0.346. The Kier molecular flexibility index (Phi) is 5.12. The third-order valence-electron chi connectivity index (χ3n) is 2.85. The summed E-state index contributed by atoms with van der Waals surface area (Å²) < 4.78 is 5.13. The fraction of sp³-hybridized carbons (Fsp3) is 0.357. The number of carbonyl (C=O) groups is 1. The van der Waals surface area contributed by atoms with Crippen molar-refractivity contribution in [3.8, 4) is 0 Å². The molecule has 0 fully saturated rings. The first-order valence-corrected chi connectivity index (χ1v) is 6.79. The van der Waals surface area contributed by atoms with Crippen LogP contribution in [0.1, 0.15) is 36.5 Å². The van der Waals surface area contributed by atoms with Crippen molar-refractivity contribution >= 4 is 17.6 Å². The number of nitrogens with zero attached hydrogens (tertiary/aromatic N) is 2. The van der Waals surface area contributed by atoms with Gasteiger partial charge >= 0.3 is 5.97 Å². The fourth-order valence-corrected chi connectivity index (χ4v) is 2.03. The summed E-state index contributed by atoms with van der Waals surface area (Å²) in [6.45, 7) is 0. The van der Waals surface area contributed by atoms with E-state index >= 15 is 0 Å². The molecule has 0 aliphatic heterocycles. The van der Waals surface area contributed by atoms with Gasteiger partial charge in [-0.1, -0.05) is 35.0 Å². The second-order valence-electron chi connectivity index (χ2n) is 4.47. The number of unbranched alkanes of at least 4 members (excludes halogenated alkanes) is 1. The topological polar surface area (TPSA) is 76.2 Å². The summed E-state index contributed by atoms with van der Waals surface area (Å²) in [5.41, 5.74) is 0.951. The first kappa shape index (κ1) is 14.5. The van der Waals surface area contributed by atoms with Crippen LogP contribution >= 0.6 is 11.6 Å². The zero-order chi connectivity index (χ0) is 14.4. The number of carboxylic acid groups (broad SMARTS) is 1. The Labute approximate surface area is 121 Å². The highest BCUT2D eigenvalue weighted by molar-refractivity contribution is 6.31. The number of carboxylic acids is 1. The Hall–Kier alpha value is -1.88. The highest BCUT2D eigenvalue weighted by atomic mass is 35.5. The molecule has 1 N–H and O–H groups in total. The molecule has 0 amide bonds. The van der Waals surface area contributed by atoms with Crippen molar-refractivity contribution in [2.24, 2.45) is 0 Å². The Morgan fingerprint density at radius 3 is 2.85 bits per heavy atom. The van der Waals surface area contributed by atoms with Crippen molar-refractivity contribution in [2.45, 2.75) is 32.1 Å². The molecule has 0 bridgehead atoms. The minimum Gasteiger partial charge on any atom is -0.481 e. The number of hydrogen-bond acceptors (Lipinski definition) is 4. The molecule has 0 aliphatic carbocycles. The molecule has 1 aromatic heterocycles. The first-order chi connectivity index (χ1) is 9.65. The summed E-state index contributed by atoms with van der Waals surface area (Å²) in [4.78, 5) is 14.7. The minimum absolute atomic E-state index is 0.167. The summed E-state index contributed by atoms with van der Waals surface area (Å²) in [7, 11) is 0. The smallest absolute Gasteiger partial charge is 0.303 e. The van der Waals surface area contributed by atoms with E-state index in [1.165, 1.54) is 0 Å². The van der Waals surface area contributed by atoms with Gasteiger partial charge in [-0.3, -0.25) is 4.79 Å². The fourth-order valence-electron chi connectivity index (χ4n) is 1.83. The monoisotopic (exact) mass is 294 g/mol. The van der Waals surface area contributed by atoms with Gasteiger partial charge in [0.1, 0.15) is 0 Å². The van der Waals surface area contributed by atoms with Crippen LogP contribution in [0.3, 0.4) is 0 Å². The highest BCUT2D eigenvalue weighted by Gasteiger charge is 2.09. The van der Waals surface area contributed by atoms with Gasteiger partial charge in [-0.25, -0.2) is 0 Å². The van der Waals surface area contributed by atoms with Gasteiger partial charge in [-0.05, 0) is 24.5 Å². The van der Waals surface area contributed by atoms with Crippen molar-refractivity contribution in [2.75, 3.05) is 0 Å². The average molecular weight is 295 g/mol. The Bertz CT molecular complexity index is 583. The van der Waals surface area contributed by atoms with Crippen molar-refractivity contribution in [3.05, 3.63) is 46.6 Å². The van der Waals surface area contributed by atoms with Gasteiger partial charge in [0.2, 0.25) is 5.89 Å². The third-order valence-corrected chi connectivity index (χ3v) is 3.22. The van der Waals surface area contributed by atoms with Gasteiger partial charge in [0.15, 0.2) is 5.82 Å². The molecule has 0 spiro atoms. The number of hydrogen-bond donors (Lipinski definition) is 1. The maximum absolute atomic E-state index is 10.4. The van der Waals surface area contributed by atoms with Crippen molar-refractivity contribution < 1.29 is 14.4 Å². The molecule has 0 saturated carbocycles. The van der Waals surface area contributed by atoms with Gasteiger partial charge in [-0.2, -0.15) is 4.98 Å². The predicted molar refractivity (Wildman–Crippen MR) is 73.7 cm³/mol. The zero-order valence-electron chi connectivity index (χ0n) is 10.9. The molecule has 6 heteroatoms. The third kappa shape index (κ3) is 4.35. The van der Waals surface area contributed by atoms with Crippen LogP contribution in [0.2, 0.25) is 5.02 Å². The van der Waals surface area contributed by atoms with E-state index in [1.807, 2.05) is 24.3 Å². The maximum atomic E-state index is 10.4. The predicted octanol–water partition coefficient (Wildman–Crippen LogP) is 3.11. The van der Waals surface area contributed by atoms with Crippen LogP contribution in [0, 0.1) is 0 Å². The number of aliphatic carboxylic acids is 1. The normalized spacial score (nSPS) is 10.7. The molecule has 106 valence electrons. The van der Waals surface area contributed by atoms with E-state index in [0.717, 1.165) is 12.0 Å². The van der Waals surface area contributed by atoms with Crippen LogP contribution < -0.4 is 0 Å². The second-order valence-corrected chi connectivity index (χ2v) is 4.88. The Balaban J connectivity index is 1.86. The maximum Gasteiger partial charge on any atom is 0.303 e. The van der Waals surface area contributed by atoms with Gasteiger partial charge < -0.3 is 9.63 Å². The lowest BCUT2D eigenvalue weighted by Gasteiger charge is -1.98. The summed E-state index contributed by atoms with van der Waals surface area (Å²) >= 11 is 6.07. The van der Waals surface area contributed by atoms with Crippen LogP contribution in [0.15, 0.2) is 28.8 Å². The molecule has 1 aromatic carbocycles. The van der Waals surface area contributed by atoms with Gasteiger partial charge in [-0.15, -0.1) is 0 Å². The Morgan fingerprint density at radius 1 is 1.30 bits per heavy atom. The Morgan fingerprint density at radius 2 is 2.10 bits per heavy atom. The van der Waals surface area contributed by atoms with Crippen molar-refractivity contribution in [3.63, 3.8) is 0 Å². The van der Waals surface area contributed by atoms with Gasteiger partial charge in [0.25, 0.3) is 0 Å². The van der Waals surface area contributed by atoms with Crippen LogP contribution in [0.5, 0.6) is 0 Å². The van der Waals surface area contributed by atoms with Crippen LogP contribution in [0.25, 0.3) is 0 Å². The number of aryl methyl sites for hydroxylation is 1. The SMILES string of the molecule is O=C(O)CCCCc1nc(Cc2ccccc2Cl)no1. The molecule has 0 unspecified atom stereocenters. The lowest BCUT2D eigenvalue weighted by molar-refractivity contribution is -0.137. The lowest BCUT2D eigenvalue weighted by atomic mass is 10.1. The second kappa shape index (κ2) is 7.05. The number of benzene rings is 1. The average Bonchev–Trinajstić information content (AvgIpc) is 2.85. The standard InChI is InChI=1S/C14H15ClN2O3/c15-11-6-2-1-5-10(11)9-12-16-13(20-17-12)7-3-4-8-14(18)19/h1-2,5-6H,3-4,7-9H2,(H,18,19). The summed E-state index contributed by atoms with van der Waals surface area (Å²) in [6, 6.07) is 7.53. The highest BCUT2D eigenvalue weighted by Crippen LogP contribution is 2.17. The molecule has 0 saturated heterocycles.